The van der Waals surface area contributed by atoms with Gasteiger partial charge in [-0.15, -0.1) is 0 Å². The summed E-state index contributed by atoms with van der Waals surface area (Å²) in [6.45, 7) is 3.93. The van der Waals surface area contributed by atoms with Gasteiger partial charge in [-0.1, -0.05) is 12.0 Å². The molecule has 2 heterocycles. The number of benzene rings is 2. The van der Waals surface area contributed by atoms with E-state index in [9.17, 15) is 26.4 Å². The summed E-state index contributed by atoms with van der Waals surface area (Å²) in [5.41, 5.74) is 0.470. The number of alkyl halides is 4. The fraction of sp³-hybridized carbons (Fsp3) is 0.433. The zero-order chi connectivity index (χ0) is 33.2. The Morgan fingerprint density at radius 3 is 2.49 bits per heavy atom. The van der Waals surface area contributed by atoms with E-state index in [2.05, 4.69) is 22.5 Å². The molecule has 0 radical (unpaired) electrons. The molecular formula is C30H35F4N5O5S. The smallest absolute Gasteiger partial charge is 0.410 e. The average Bonchev–Trinajstić information content (AvgIpc) is 3.27. The van der Waals surface area contributed by atoms with E-state index in [1.54, 1.807) is 32.9 Å². The van der Waals surface area contributed by atoms with Gasteiger partial charge in [0.15, 0.2) is 0 Å². The second kappa shape index (κ2) is 13.1. The van der Waals surface area contributed by atoms with Crippen LogP contribution < -0.4 is 20.5 Å². The first-order valence-corrected chi connectivity index (χ1v) is 15.5. The molecule has 4 N–H and O–H groups in total. The highest BCUT2D eigenvalue weighted by molar-refractivity contribution is 7.89. The lowest BCUT2D eigenvalue weighted by molar-refractivity contribution is -0.140. The number of nitrogens with two attached hydrogens (primary N) is 1. The summed E-state index contributed by atoms with van der Waals surface area (Å²) < 4.78 is 90.9. The predicted molar refractivity (Wildman–Crippen MR) is 162 cm³/mol. The molecule has 1 aliphatic rings. The molecule has 10 nitrogen and oxygen atoms in total. The van der Waals surface area contributed by atoms with Gasteiger partial charge in [0, 0.05) is 23.7 Å². The number of rotatable bonds is 7. The van der Waals surface area contributed by atoms with E-state index >= 15 is 4.39 Å². The van der Waals surface area contributed by atoms with Gasteiger partial charge in [-0.05, 0) is 63.4 Å². The van der Waals surface area contributed by atoms with Gasteiger partial charge in [-0.2, -0.15) is 13.2 Å². The van der Waals surface area contributed by atoms with Gasteiger partial charge < -0.3 is 29.6 Å². The Bertz CT molecular complexity index is 1720. The lowest BCUT2D eigenvalue weighted by atomic mass is 10.0. The molecule has 2 atom stereocenters. The standard InChI is InChI=1S/C30H35F4N5O5S/c1-29(2,3)44-28(40)38-14-12-24(22(31)17-38)37-23-8-5-9-26-21(23)15-19(39(26)18-30(32,33)34)7-6-13-36-25-11-10-20(45(35,41)42)16-27(25)43-4/h5,8-11,15-16,22,24,36-37H,12-14,17-18H2,1-4H3,(H2,35,41,42). The number of amides is 1. The number of carbonyl (C=O) groups is 1. The van der Waals surface area contributed by atoms with Gasteiger partial charge in [0.25, 0.3) is 0 Å². The number of nitrogens with one attached hydrogen (secondary N) is 2. The number of hydrogen-bond donors (Lipinski definition) is 3. The van der Waals surface area contributed by atoms with Gasteiger partial charge in [0.2, 0.25) is 10.0 Å². The Morgan fingerprint density at radius 2 is 1.87 bits per heavy atom. The number of hydrogen-bond acceptors (Lipinski definition) is 7. The third kappa shape index (κ3) is 8.73. The van der Waals surface area contributed by atoms with Gasteiger partial charge in [0.1, 0.15) is 24.1 Å². The molecule has 1 fully saturated rings. The van der Waals surface area contributed by atoms with Crippen LogP contribution in [0.5, 0.6) is 5.75 Å². The molecule has 0 saturated carbocycles. The maximum atomic E-state index is 15.2. The third-order valence-corrected chi connectivity index (χ3v) is 7.81. The molecule has 45 heavy (non-hydrogen) atoms. The largest absolute Gasteiger partial charge is 0.495 e. The van der Waals surface area contributed by atoms with E-state index in [1.807, 2.05) is 0 Å². The normalized spacial score (nSPS) is 17.4. The maximum Gasteiger partial charge on any atom is 0.410 e. The summed E-state index contributed by atoms with van der Waals surface area (Å²) in [6, 6.07) is 9.56. The highest BCUT2D eigenvalue weighted by Crippen LogP contribution is 2.32. The van der Waals surface area contributed by atoms with E-state index in [1.165, 1.54) is 42.3 Å². The zero-order valence-electron chi connectivity index (χ0n) is 25.2. The topological polar surface area (TPSA) is 128 Å². The molecule has 2 unspecified atom stereocenters. The highest BCUT2D eigenvalue weighted by atomic mass is 32.2. The van der Waals surface area contributed by atoms with E-state index in [0.29, 0.717) is 16.8 Å². The van der Waals surface area contributed by atoms with Crippen molar-refractivity contribution in [1.82, 2.24) is 9.47 Å². The zero-order valence-corrected chi connectivity index (χ0v) is 26.0. The van der Waals surface area contributed by atoms with Crippen LogP contribution in [-0.2, 0) is 21.3 Å². The van der Waals surface area contributed by atoms with E-state index in [0.717, 1.165) is 4.57 Å². The van der Waals surface area contributed by atoms with Crippen molar-refractivity contribution in [1.29, 1.82) is 0 Å². The molecule has 4 rings (SSSR count). The van der Waals surface area contributed by atoms with Crippen molar-refractivity contribution in [3.63, 3.8) is 0 Å². The van der Waals surface area contributed by atoms with Crippen molar-refractivity contribution in [3.05, 3.63) is 48.2 Å². The van der Waals surface area contributed by atoms with Crippen molar-refractivity contribution in [2.45, 2.75) is 62.6 Å². The Balaban J connectivity index is 1.55. The number of fused-ring (bicyclic) bond motifs is 1. The number of likely N-dealkylation sites (tertiary alicyclic amines) is 1. The molecule has 0 aliphatic carbocycles. The second-order valence-electron chi connectivity index (χ2n) is 11.5. The van der Waals surface area contributed by atoms with Crippen LogP contribution in [0.15, 0.2) is 47.4 Å². The first-order valence-electron chi connectivity index (χ1n) is 14.0. The summed E-state index contributed by atoms with van der Waals surface area (Å²) >= 11 is 0. The molecule has 1 aliphatic heterocycles. The van der Waals surface area contributed by atoms with Crippen molar-refractivity contribution >= 4 is 38.4 Å². The molecule has 15 heteroatoms. The summed E-state index contributed by atoms with van der Waals surface area (Å²) in [6.07, 6.45) is -6.33. The fourth-order valence-corrected chi connectivity index (χ4v) is 5.42. The van der Waals surface area contributed by atoms with Crippen molar-refractivity contribution in [2.75, 3.05) is 37.4 Å². The number of nitrogens with zero attached hydrogens (tertiary/aromatic N) is 2. The number of aromatic nitrogens is 1. The van der Waals surface area contributed by atoms with E-state index in [4.69, 9.17) is 14.6 Å². The lowest BCUT2D eigenvalue weighted by Crippen LogP contribution is -2.51. The number of primary sulfonamides is 1. The maximum absolute atomic E-state index is 15.2. The summed E-state index contributed by atoms with van der Waals surface area (Å²) in [7, 11) is -2.61. The van der Waals surface area contributed by atoms with Gasteiger partial charge in [0.05, 0.1) is 48.0 Å². The Hall–Kier alpha value is -4.16. The number of sulfonamides is 1. The van der Waals surface area contributed by atoms with Crippen LogP contribution in [0, 0.1) is 11.8 Å². The summed E-state index contributed by atoms with van der Waals surface area (Å²) in [5, 5.41) is 11.7. The number of halogens is 4. The van der Waals surface area contributed by atoms with Crippen LogP contribution in [0.3, 0.4) is 0 Å². The minimum Gasteiger partial charge on any atom is -0.495 e. The summed E-state index contributed by atoms with van der Waals surface area (Å²) in [5.74, 6) is 5.76. The van der Waals surface area contributed by atoms with Crippen LogP contribution in [0.25, 0.3) is 10.9 Å². The average molecular weight is 654 g/mol. The first kappa shape index (κ1) is 33.7. The molecule has 1 aromatic heterocycles. The van der Waals surface area contributed by atoms with Crippen LogP contribution in [-0.4, -0.2) is 74.7 Å². The number of carbonyl (C=O) groups excluding carboxylic acids is 1. The minimum absolute atomic E-state index is 0.0104. The van der Waals surface area contributed by atoms with Gasteiger partial charge >= 0.3 is 12.3 Å². The number of methoxy groups -OCH3 is 1. The molecule has 244 valence electrons. The van der Waals surface area contributed by atoms with E-state index in [-0.39, 0.29) is 47.9 Å². The third-order valence-electron chi connectivity index (χ3n) is 6.90. The van der Waals surface area contributed by atoms with Gasteiger partial charge in [-0.3, -0.25) is 0 Å². The highest BCUT2D eigenvalue weighted by Gasteiger charge is 2.34. The number of anilines is 2. The number of ether oxygens (including phenoxy) is 2. The SMILES string of the molecule is COc1cc(S(N)(=O)=O)ccc1NCC#Cc1cc2c(NC3CCN(C(=O)OC(C)(C)C)CC3F)cccc2n1CC(F)(F)F. The molecule has 0 bridgehead atoms. The van der Waals surface area contributed by atoms with Crippen molar-refractivity contribution < 1.29 is 40.2 Å². The summed E-state index contributed by atoms with van der Waals surface area (Å²) in [4.78, 5) is 13.6. The Morgan fingerprint density at radius 1 is 1.13 bits per heavy atom. The number of piperidine rings is 1. The quantitative estimate of drug-likeness (QED) is 0.240. The fourth-order valence-electron chi connectivity index (χ4n) is 4.89. The van der Waals surface area contributed by atoms with Crippen LogP contribution >= 0.6 is 0 Å². The van der Waals surface area contributed by atoms with Crippen molar-refractivity contribution in [3.8, 4) is 17.6 Å². The van der Waals surface area contributed by atoms with E-state index < -0.39 is 46.7 Å². The van der Waals surface area contributed by atoms with Crippen molar-refractivity contribution in [2.24, 2.45) is 5.14 Å². The lowest BCUT2D eigenvalue weighted by Gasteiger charge is -2.36. The van der Waals surface area contributed by atoms with Crippen LogP contribution in [0.2, 0.25) is 0 Å². The second-order valence-corrected chi connectivity index (χ2v) is 13.1. The van der Waals surface area contributed by atoms with Gasteiger partial charge in [-0.25, -0.2) is 22.7 Å². The Labute approximate surface area is 258 Å². The first-order chi connectivity index (χ1) is 20.9. The molecule has 1 amide bonds. The molecule has 2 aromatic carbocycles. The molecule has 0 spiro atoms. The Kier molecular flexibility index (Phi) is 9.79. The molecular weight excluding hydrogens is 618 g/mol. The monoisotopic (exact) mass is 653 g/mol. The van der Waals surface area contributed by atoms with Crippen LogP contribution in [0.1, 0.15) is 32.9 Å². The predicted octanol–water partition coefficient (Wildman–Crippen LogP) is 5.08. The molecule has 1 saturated heterocycles. The van der Waals surface area contributed by atoms with Crippen LogP contribution in [0.4, 0.5) is 33.7 Å². The molecule has 3 aromatic rings. The minimum atomic E-state index is -4.54.